The summed E-state index contributed by atoms with van der Waals surface area (Å²) in [6.07, 6.45) is 0.804. The quantitative estimate of drug-likeness (QED) is 0.733. The van der Waals surface area contributed by atoms with Crippen LogP contribution in [0.5, 0.6) is 5.75 Å². The van der Waals surface area contributed by atoms with Crippen LogP contribution in [0.15, 0.2) is 72.8 Å². The lowest BCUT2D eigenvalue weighted by atomic mass is 9.98. The molecule has 0 fully saturated rings. The number of fused-ring (bicyclic) bond motifs is 1. The van der Waals surface area contributed by atoms with Crippen molar-refractivity contribution in [3.05, 3.63) is 95.1 Å². The smallest absolute Gasteiger partial charge is 0.255 e. The van der Waals surface area contributed by atoms with Gasteiger partial charge in [-0.1, -0.05) is 30.3 Å². The Bertz CT molecular complexity index is 1050. The summed E-state index contributed by atoms with van der Waals surface area (Å²) in [5.74, 6) is 0.470. The van der Waals surface area contributed by atoms with Crippen LogP contribution in [0, 0.1) is 0 Å². The maximum atomic E-state index is 12.8. The Labute approximate surface area is 169 Å². The topological polar surface area (TPSA) is 58.6 Å². The van der Waals surface area contributed by atoms with Gasteiger partial charge in [0.05, 0.1) is 7.11 Å². The van der Waals surface area contributed by atoms with E-state index in [4.69, 9.17) is 4.74 Å². The standard InChI is InChI=1S/C24H22N2O3/c1-29-22-9-5-8-19(15-22)23(27)25-21-11-10-17-12-13-26(16-20(17)14-21)24(28)18-6-3-2-4-7-18/h2-11,14-15H,12-13,16H2,1H3,(H,25,27). The molecule has 2 amide bonds. The number of nitrogens with zero attached hydrogens (tertiary/aromatic N) is 1. The number of benzene rings is 3. The van der Waals surface area contributed by atoms with E-state index in [-0.39, 0.29) is 11.8 Å². The molecule has 5 nitrogen and oxygen atoms in total. The lowest BCUT2D eigenvalue weighted by Crippen LogP contribution is -2.36. The van der Waals surface area contributed by atoms with E-state index in [0.29, 0.717) is 35.7 Å². The number of carbonyl (C=O) groups is 2. The fourth-order valence-electron chi connectivity index (χ4n) is 3.54. The van der Waals surface area contributed by atoms with Crippen molar-refractivity contribution < 1.29 is 14.3 Å². The number of hydrogen-bond acceptors (Lipinski definition) is 3. The molecule has 1 aliphatic rings. The summed E-state index contributed by atoms with van der Waals surface area (Å²) in [7, 11) is 1.57. The fourth-order valence-corrected chi connectivity index (χ4v) is 3.54. The Morgan fingerprint density at radius 2 is 1.69 bits per heavy atom. The molecule has 0 saturated heterocycles. The second-order valence-electron chi connectivity index (χ2n) is 7.01. The monoisotopic (exact) mass is 386 g/mol. The molecule has 0 radical (unpaired) electrons. The van der Waals surface area contributed by atoms with E-state index in [1.807, 2.05) is 53.4 Å². The molecule has 0 saturated carbocycles. The fraction of sp³-hybridized carbons (Fsp3) is 0.167. The lowest BCUT2D eigenvalue weighted by Gasteiger charge is -2.29. The molecule has 3 aromatic carbocycles. The first-order chi connectivity index (χ1) is 14.1. The summed E-state index contributed by atoms with van der Waals surface area (Å²) in [5.41, 5.74) is 4.21. The Morgan fingerprint density at radius 1 is 0.897 bits per heavy atom. The summed E-state index contributed by atoms with van der Waals surface area (Å²) in [4.78, 5) is 27.2. The third kappa shape index (κ3) is 4.14. The molecule has 0 aromatic heterocycles. The predicted octanol–water partition coefficient (Wildman–Crippen LogP) is 4.15. The van der Waals surface area contributed by atoms with E-state index >= 15 is 0 Å². The van der Waals surface area contributed by atoms with Crippen molar-refractivity contribution >= 4 is 17.5 Å². The number of rotatable bonds is 4. The molecule has 1 N–H and O–H groups in total. The van der Waals surface area contributed by atoms with Gasteiger partial charge in [-0.2, -0.15) is 0 Å². The Balaban J connectivity index is 1.50. The van der Waals surface area contributed by atoms with Gasteiger partial charge in [-0.3, -0.25) is 9.59 Å². The van der Waals surface area contributed by atoms with Gasteiger partial charge in [0.15, 0.2) is 0 Å². The molecule has 4 rings (SSSR count). The van der Waals surface area contributed by atoms with E-state index in [0.717, 1.165) is 12.0 Å². The molecule has 29 heavy (non-hydrogen) atoms. The highest BCUT2D eigenvalue weighted by Crippen LogP contribution is 2.24. The summed E-state index contributed by atoms with van der Waals surface area (Å²) in [6, 6.07) is 22.2. The van der Waals surface area contributed by atoms with Gasteiger partial charge in [-0.25, -0.2) is 0 Å². The van der Waals surface area contributed by atoms with Gasteiger partial charge < -0.3 is 15.0 Å². The number of carbonyl (C=O) groups excluding carboxylic acids is 2. The second kappa shape index (κ2) is 8.19. The van der Waals surface area contributed by atoms with Crippen LogP contribution in [0.2, 0.25) is 0 Å². The molecule has 0 unspecified atom stereocenters. The number of methoxy groups -OCH3 is 1. The van der Waals surface area contributed by atoms with Crippen LogP contribution in [0.3, 0.4) is 0 Å². The van der Waals surface area contributed by atoms with E-state index < -0.39 is 0 Å². The minimum Gasteiger partial charge on any atom is -0.497 e. The molecule has 1 heterocycles. The van der Waals surface area contributed by atoms with Gasteiger partial charge in [0.1, 0.15) is 5.75 Å². The predicted molar refractivity (Wildman–Crippen MR) is 112 cm³/mol. The summed E-state index contributed by atoms with van der Waals surface area (Å²) in [6.45, 7) is 1.22. The maximum Gasteiger partial charge on any atom is 0.255 e. The zero-order valence-corrected chi connectivity index (χ0v) is 16.2. The summed E-state index contributed by atoms with van der Waals surface area (Å²) in [5, 5.41) is 2.94. The molecule has 0 bridgehead atoms. The van der Waals surface area contributed by atoms with E-state index in [1.165, 1.54) is 5.56 Å². The van der Waals surface area contributed by atoms with Crippen molar-refractivity contribution in [2.45, 2.75) is 13.0 Å². The first-order valence-electron chi connectivity index (χ1n) is 9.55. The largest absolute Gasteiger partial charge is 0.497 e. The number of anilines is 1. The molecule has 5 heteroatoms. The first-order valence-corrected chi connectivity index (χ1v) is 9.55. The van der Waals surface area contributed by atoms with E-state index in [2.05, 4.69) is 5.32 Å². The van der Waals surface area contributed by atoms with Gasteiger partial charge in [0.25, 0.3) is 11.8 Å². The number of hydrogen-bond donors (Lipinski definition) is 1. The van der Waals surface area contributed by atoms with Gasteiger partial charge in [0.2, 0.25) is 0 Å². The average Bonchev–Trinajstić information content (AvgIpc) is 2.78. The third-order valence-electron chi connectivity index (χ3n) is 5.12. The minimum absolute atomic E-state index is 0.0297. The van der Waals surface area contributed by atoms with E-state index in [1.54, 1.807) is 31.4 Å². The van der Waals surface area contributed by atoms with Crippen molar-refractivity contribution in [2.24, 2.45) is 0 Å². The molecular formula is C24H22N2O3. The molecular weight excluding hydrogens is 364 g/mol. The summed E-state index contributed by atoms with van der Waals surface area (Å²) < 4.78 is 5.18. The highest BCUT2D eigenvalue weighted by Gasteiger charge is 2.22. The molecule has 0 spiro atoms. The van der Waals surface area contributed by atoms with E-state index in [9.17, 15) is 9.59 Å². The van der Waals surface area contributed by atoms with Crippen LogP contribution in [0.1, 0.15) is 31.8 Å². The molecule has 146 valence electrons. The van der Waals surface area contributed by atoms with Crippen molar-refractivity contribution in [1.82, 2.24) is 4.90 Å². The lowest BCUT2D eigenvalue weighted by molar-refractivity contribution is 0.0734. The number of ether oxygens (including phenoxy) is 1. The molecule has 0 atom stereocenters. The molecule has 0 aliphatic carbocycles. The van der Waals surface area contributed by atoms with Gasteiger partial charge in [0, 0.05) is 29.9 Å². The van der Waals surface area contributed by atoms with Crippen LogP contribution in [-0.4, -0.2) is 30.4 Å². The average molecular weight is 386 g/mol. The van der Waals surface area contributed by atoms with Crippen molar-refractivity contribution in [3.63, 3.8) is 0 Å². The van der Waals surface area contributed by atoms with Crippen LogP contribution in [-0.2, 0) is 13.0 Å². The summed E-state index contributed by atoms with van der Waals surface area (Å²) >= 11 is 0. The van der Waals surface area contributed by atoms with Crippen molar-refractivity contribution in [3.8, 4) is 5.75 Å². The van der Waals surface area contributed by atoms with Crippen molar-refractivity contribution in [1.29, 1.82) is 0 Å². The van der Waals surface area contributed by atoms with Gasteiger partial charge in [-0.05, 0) is 60.0 Å². The van der Waals surface area contributed by atoms with Crippen LogP contribution < -0.4 is 10.1 Å². The molecule has 1 aliphatic heterocycles. The van der Waals surface area contributed by atoms with Crippen LogP contribution in [0.4, 0.5) is 5.69 Å². The normalized spacial score (nSPS) is 12.8. The minimum atomic E-state index is -0.197. The zero-order chi connectivity index (χ0) is 20.2. The Kier molecular flexibility index (Phi) is 5.29. The number of amides is 2. The SMILES string of the molecule is COc1cccc(C(=O)Nc2ccc3c(c2)CN(C(=O)c2ccccc2)CC3)c1. The highest BCUT2D eigenvalue weighted by atomic mass is 16.5. The highest BCUT2D eigenvalue weighted by molar-refractivity contribution is 6.04. The number of nitrogens with one attached hydrogen (secondary N) is 1. The van der Waals surface area contributed by atoms with Gasteiger partial charge in [-0.15, -0.1) is 0 Å². The second-order valence-corrected chi connectivity index (χ2v) is 7.01. The molecule has 3 aromatic rings. The maximum absolute atomic E-state index is 12.8. The first kappa shape index (κ1) is 18.7. The van der Waals surface area contributed by atoms with Crippen LogP contribution >= 0.6 is 0 Å². The third-order valence-corrected chi connectivity index (χ3v) is 5.12. The Morgan fingerprint density at radius 3 is 2.48 bits per heavy atom. The Hall–Kier alpha value is -3.60. The van der Waals surface area contributed by atoms with Crippen LogP contribution in [0.25, 0.3) is 0 Å². The van der Waals surface area contributed by atoms with Crippen molar-refractivity contribution in [2.75, 3.05) is 19.0 Å². The zero-order valence-electron chi connectivity index (χ0n) is 16.2. The van der Waals surface area contributed by atoms with Gasteiger partial charge >= 0.3 is 0 Å².